The van der Waals surface area contributed by atoms with Crippen molar-refractivity contribution in [3.05, 3.63) is 91.5 Å². The van der Waals surface area contributed by atoms with Crippen molar-refractivity contribution >= 4 is 58.5 Å². The largest absolute Gasteiger partial charge is 0.508 e. The lowest BCUT2D eigenvalue weighted by Gasteiger charge is -2.26. The molecular weight excluding hydrogens is 570 g/mol. The van der Waals surface area contributed by atoms with Gasteiger partial charge in [-0.15, -0.1) is 0 Å². The number of aromatic hydroxyl groups is 1. The summed E-state index contributed by atoms with van der Waals surface area (Å²) >= 11 is 12.4. The number of nitro benzene ring substituents is 1. The lowest BCUT2D eigenvalue weighted by atomic mass is 10.1. The highest BCUT2D eigenvalue weighted by molar-refractivity contribution is 6.40. The predicted octanol–water partition coefficient (Wildman–Crippen LogP) is 6.08. The number of halogens is 5. The topological polar surface area (TPSA) is 139 Å². The van der Waals surface area contributed by atoms with E-state index in [0.29, 0.717) is 17.0 Å². The number of hydrogen-bond acceptors (Lipinski definition) is 7. The van der Waals surface area contributed by atoms with E-state index in [-0.39, 0.29) is 32.8 Å². The number of amides is 4. The van der Waals surface area contributed by atoms with Crippen LogP contribution in [0.4, 0.5) is 29.3 Å². The number of hydrogen-bond donors (Lipinski definition) is 2. The summed E-state index contributed by atoms with van der Waals surface area (Å²) in [5, 5.41) is 22.3. The van der Waals surface area contributed by atoms with Gasteiger partial charge in [0.05, 0.1) is 26.2 Å². The van der Waals surface area contributed by atoms with Gasteiger partial charge in [0.25, 0.3) is 11.8 Å². The molecule has 4 rings (SSSR count). The molecule has 0 aliphatic carbocycles. The number of carbonyl (C=O) groups excluding carboxylic acids is 3. The van der Waals surface area contributed by atoms with Gasteiger partial charge >= 0.3 is 17.9 Å². The van der Waals surface area contributed by atoms with Gasteiger partial charge in [-0.3, -0.25) is 25.0 Å². The minimum Gasteiger partial charge on any atom is -0.508 e. The number of phenolic OH excluding ortho intramolecular Hbond substituents is 1. The summed E-state index contributed by atoms with van der Waals surface area (Å²) in [5.74, 6) is -3.06. The number of nitrogens with one attached hydrogen (secondary N) is 1. The van der Waals surface area contributed by atoms with Crippen molar-refractivity contribution in [2.75, 3.05) is 4.90 Å². The lowest BCUT2D eigenvalue weighted by molar-refractivity contribution is -0.385. The highest BCUT2D eigenvalue weighted by atomic mass is 35.5. The summed E-state index contributed by atoms with van der Waals surface area (Å²) in [5.41, 5.74) is -2.60. The predicted molar refractivity (Wildman–Crippen MR) is 132 cm³/mol. The summed E-state index contributed by atoms with van der Waals surface area (Å²) in [6, 6.07) is 7.96. The normalized spacial score (nSPS) is 14.9. The van der Waals surface area contributed by atoms with Crippen LogP contribution in [0.5, 0.6) is 17.2 Å². The van der Waals surface area contributed by atoms with Crippen LogP contribution in [0.1, 0.15) is 11.1 Å². The number of ether oxygens (including phenoxy) is 1. The molecule has 2 N–H and O–H groups in total. The first-order valence-corrected chi connectivity index (χ1v) is 11.2. The van der Waals surface area contributed by atoms with Crippen molar-refractivity contribution < 1.29 is 42.3 Å². The van der Waals surface area contributed by atoms with Gasteiger partial charge in [-0.2, -0.15) is 13.2 Å². The minimum atomic E-state index is -4.83. The Labute approximate surface area is 225 Å². The molecule has 200 valence electrons. The third-order valence-electron chi connectivity index (χ3n) is 5.24. The molecule has 0 saturated carbocycles. The van der Waals surface area contributed by atoms with E-state index in [4.69, 9.17) is 27.9 Å². The molecule has 1 saturated heterocycles. The molecule has 1 aliphatic rings. The molecular formula is C24H12Cl2F3N3O7. The van der Waals surface area contributed by atoms with Crippen molar-refractivity contribution in [2.24, 2.45) is 0 Å². The van der Waals surface area contributed by atoms with Crippen LogP contribution in [0.2, 0.25) is 10.0 Å². The van der Waals surface area contributed by atoms with Crippen LogP contribution in [-0.2, 0) is 15.8 Å². The van der Waals surface area contributed by atoms with E-state index >= 15 is 0 Å². The van der Waals surface area contributed by atoms with Crippen molar-refractivity contribution in [2.45, 2.75) is 6.18 Å². The highest BCUT2D eigenvalue weighted by Crippen LogP contribution is 2.42. The molecule has 0 radical (unpaired) electrons. The van der Waals surface area contributed by atoms with Crippen molar-refractivity contribution in [1.29, 1.82) is 0 Å². The number of rotatable bonds is 5. The number of nitro groups is 1. The zero-order chi connectivity index (χ0) is 28.6. The molecule has 10 nitrogen and oxygen atoms in total. The Morgan fingerprint density at radius 2 is 1.62 bits per heavy atom. The van der Waals surface area contributed by atoms with E-state index in [1.165, 1.54) is 36.4 Å². The maximum absolute atomic E-state index is 13.0. The smallest absolute Gasteiger partial charge is 0.416 e. The maximum atomic E-state index is 13.0. The van der Waals surface area contributed by atoms with E-state index in [0.717, 1.165) is 12.1 Å². The Bertz CT molecular complexity index is 1550. The molecule has 1 aliphatic heterocycles. The summed E-state index contributed by atoms with van der Waals surface area (Å²) in [7, 11) is 0. The second kappa shape index (κ2) is 10.3. The van der Waals surface area contributed by atoms with Gasteiger partial charge in [0.15, 0.2) is 5.75 Å². The van der Waals surface area contributed by atoms with Crippen molar-refractivity contribution in [3.63, 3.8) is 0 Å². The van der Waals surface area contributed by atoms with Gasteiger partial charge in [0.2, 0.25) is 5.75 Å². The SMILES string of the molecule is O=C1NC(=O)N(c2ccc(O)cc2)C(=O)/C1=C/c1cc(Cl)c(Oc2ccc(C(F)(F)F)cc2[N+](=O)[O-])c(Cl)c1. The number of alkyl halides is 3. The molecule has 0 atom stereocenters. The average molecular weight is 582 g/mol. The van der Waals surface area contributed by atoms with Crippen molar-refractivity contribution in [3.8, 4) is 17.2 Å². The van der Waals surface area contributed by atoms with E-state index in [1.807, 2.05) is 5.32 Å². The second-order valence-electron chi connectivity index (χ2n) is 7.83. The number of imide groups is 2. The van der Waals surface area contributed by atoms with E-state index in [1.54, 1.807) is 0 Å². The number of barbiturate groups is 1. The van der Waals surface area contributed by atoms with Crippen LogP contribution < -0.4 is 15.0 Å². The van der Waals surface area contributed by atoms with Crippen LogP contribution in [0, 0.1) is 10.1 Å². The number of urea groups is 1. The van der Waals surface area contributed by atoms with Gasteiger partial charge in [0.1, 0.15) is 11.3 Å². The average Bonchev–Trinajstić information content (AvgIpc) is 2.84. The quantitative estimate of drug-likeness (QED) is 0.161. The van der Waals surface area contributed by atoms with Gasteiger partial charge in [0, 0.05) is 6.07 Å². The van der Waals surface area contributed by atoms with E-state index < -0.39 is 51.5 Å². The third kappa shape index (κ3) is 5.63. The molecule has 39 heavy (non-hydrogen) atoms. The summed E-state index contributed by atoms with van der Waals surface area (Å²) in [4.78, 5) is 48.6. The van der Waals surface area contributed by atoms with Crippen LogP contribution in [0.15, 0.2) is 60.2 Å². The molecule has 0 aromatic heterocycles. The zero-order valence-electron chi connectivity index (χ0n) is 19.0. The Morgan fingerprint density at radius 1 is 1.00 bits per heavy atom. The first-order chi connectivity index (χ1) is 18.3. The minimum absolute atomic E-state index is 0.0617. The molecule has 3 aromatic carbocycles. The molecule has 15 heteroatoms. The monoisotopic (exact) mass is 581 g/mol. The Hall–Kier alpha value is -4.62. The molecule has 4 amide bonds. The van der Waals surface area contributed by atoms with Crippen LogP contribution >= 0.6 is 23.2 Å². The fraction of sp³-hybridized carbons (Fsp3) is 0.0417. The number of nitrogens with zero attached hydrogens (tertiary/aromatic N) is 2. The Kier molecular flexibility index (Phi) is 7.22. The molecule has 0 unspecified atom stereocenters. The number of anilines is 1. The first kappa shape index (κ1) is 27.4. The van der Waals surface area contributed by atoms with Crippen LogP contribution in [0.25, 0.3) is 6.08 Å². The standard InChI is InChI=1S/C24H12Cl2F3N3O7/c25-16-8-11(7-15-21(34)30-23(36)31(22(15)35)13-2-4-14(33)5-3-13)9-17(26)20(16)39-19-6-1-12(24(27,28)29)10-18(19)32(37)38/h1-10,33H,(H,30,34,36)/b15-7+. The lowest BCUT2D eigenvalue weighted by Crippen LogP contribution is -2.54. The van der Waals surface area contributed by atoms with Gasteiger partial charge in [-0.25, -0.2) is 9.69 Å². The first-order valence-electron chi connectivity index (χ1n) is 10.5. The fourth-order valence-corrected chi connectivity index (χ4v) is 4.03. The van der Waals surface area contributed by atoms with Crippen LogP contribution in [0.3, 0.4) is 0 Å². The highest BCUT2D eigenvalue weighted by Gasteiger charge is 2.37. The summed E-state index contributed by atoms with van der Waals surface area (Å²) in [6.07, 6.45) is -3.77. The van der Waals surface area contributed by atoms with Gasteiger partial charge in [-0.05, 0) is 60.2 Å². The molecule has 0 bridgehead atoms. The fourth-order valence-electron chi connectivity index (χ4n) is 3.45. The molecule has 3 aromatic rings. The molecule has 1 heterocycles. The number of carbonyl (C=O) groups is 3. The maximum Gasteiger partial charge on any atom is 0.416 e. The molecule has 0 spiro atoms. The zero-order valence-corrected chi connectivity index (χ0v) is 20.5. The summed E-state index contributed by atoms with van der Waals surface area (Å²) < 4.78 is 44.3. The Morgan fingerprint density at radius 3 is 2.18 bits per heavy atom. The Balaban J connectivity index is 1.68. The van der Waals surface area contributed by atoms with Crippen molar-refractivity contribution in [1.82, 2.24) is 5.32 Å². The summed E-state index contributed by atoms with van der Waals surface area (Å²) in [6.45, 7) is 0. The second-order valence-corrected chi connectivity index (χ2v) is 8.64. The van der Waals surface area contributed by atoms with Crippen LogP contribution in [-0.4, -0.2) is 27.9 Å². The van der Waals surface area contributed by atoms with E-state index in [2.05, 4.69) is 0 Å². The van der Waals surface area contributed by atoms with E-state index in [9.17, 15) is 42.8 Å². The van der Waals surface area contributed by atoms with Gasteiger partial charge in [-0.1, -0.05) is 23.2 Å². The number of benzene rings is 3. The number of phenols is 1. The molecule has 1 fully saturated rings. The van der Waals surface area contributed by atoms with Gasteiger partial charge < -0.3 is 9.84 Å². The third-order valence-corrected chi connectivity index (χ3v) is 5.80.